The van der Waals surface area contributed by atoms with Crippen LogP contribution in [-0.4, -0.2) is 43.5 Å². The number of unbranched alkanes of at least 4 members (excludes halogenated alkanes) is 1. The maximum atomic E-state index is 13.8. The zero-order valence-electron chi connectivity index (χ0n) is 21.9. The zero-order valence-corrected chi connectivity index (χ0v) is 24.3. The molecule has 8 nitrogen and oxygen atoms in total. The Morgan fingerprint density at radius 1 is 0.921 bits per heavy atom. The number of rotatable bonds is 13. The molecule has 3 aromatic rings. The minimum absolute atomic E-state index is 0.206. The number of sulfonamides is 1. The van der Waals surface area contributed by atoms with Gasteiger partial charge in [-0.3, -0.25) is 4.79 Å². The fourth-order valence-electron chi connectivity index (χ4n) is 3.68. The van der Waals surface area contributed by atoms with Crippen LogP contribution in [0.2, 0.25) is 0 Å². The molecule has 0 aliphatic carbocycles. The number of hydrogen-bond donors (Lipinski definition) is 2. The summed E-state index contributed by atoms with van der Waals surface area (Å²) in [7, 11) is -3.60. The average molecular weight is 578 g/mol. The third-order valence-electron chi connectivity index (χ3n) is 5.42. The molecule has 0 saturated carbocycles. The summed E-state index contributed by atoms with van der Waals surface area (Å²) in [6, 6.07) is 15.2. The molecular formula is C27H35N3O5S3. The van der Waals surface area contributed by atoms with Crippen molar-refractivity contribution >= 4 is 44.7 Å². The van der Waals surface area contributed by atoms with E-state index in [-0.39, 0.29) is 17.3 Å². The van der Waals surface area contributed by atoms with Crippen molar-refractivity contribution in [3.8, 4) is 0 Å². The molecule has 0 bridgehead atoms. The Hall–Kier alpha value is -2.73. The van der Waals surface area contributed by atoms with Crippen LogP contribution in [0.1, 0.15) is 49.8 Å². The van der Waals surface area contributed by atoms with Gasteiger partial charge in [-0.15, -0.1) is 22.7 Å². The SMILES string of the molecule is CC(C)(C)OC(=O)NC(CCCCNS(=O)(=O)c1ccccc1)C(=O)N(Cc1cccs1)Cc1cccs1. The lowest BCUT2D eigenvalue weighted by molar-refractivity contribution is -0.134. The maximum absolute atomic E-state index is 13.8. The molecule has 0 saturated heterocycles. The number of nitrogens with zero attached hydrogens (tertiary/aromatic N) is 1. The smallest absolute Gasteiger partial charge is 0.408 e. The Morgan fingerprint density at radius 2 is 1.53 bits per heavy atom. The second-order valence-electron chi connectivity index (χ2n) is 9.76. The van der Waals surface area contributed by atoms with Gasteiger partial charge in [-0.05, 0) is 75.1 Å². The van der Waals surface area contributed by atoms with E-state index in [2.05, 4.69) is 10.0 Å². The van der Waals surface area contributed by atoms with Gasteiger partial charge in [-0.1, -0.05) is 30.3 Å². The van der Waals surface area contributed by atoms with E-state index in [1.165, 1.54) is 12.1 Å². The van der Waals surface area contributed by atoms with Gasteiger partial charge in [0.25, 0.3) is 0 Å². The van der Waals surface area contributed by atoms with Crippen molar-refractivity contribution in [3.63, 3.8) is 0 Å². The van der Waals surface area contributed by atoms with E-state index in [0.717, 1.165) is 9.75 Å². The van der Waals surface area contributed by atoms with E-state index in [9.17, 15) is 18.0 Å². The van der Waals surface area contributed by atoms with E-state index in [1.807, 2.05) is 35.0 Å². The van der Waals surface area contributed by atoms with Crippen molar-refractivity contribution < 1.29 is 22.7 Å². The summed E-state index contributed by atoms with van der Waals surface area (Å²) in [6.45, 7) is 6.38. The van der Waals surface area contributed by atoms with Crippen LogP contribution < -0.4 is 10.0 Å². The van der Waals surface area contributed by atoms with E-state index in [0.29, 0.717) is 32.4 Å². The quantitative estimate of drug-likeness (QED) is 0.266. The first-order valence-corrected chi connectivity index (χ1v) is 15.7. The fraction of sp³-hybridized carbons (Fsp3) is 0.407. The highest BCUT2D eigenvalue weighted by atomic mass is 32.2. The van der Waals surface area contributed by atoms with Crippen LogP contribution in [-0.2, 0) is 32.6 Å². The highest BCUT2D eigenvalue weighted by Gasteiger charge is 2.28. The van der Waals surface area contributed by atoms with Gasteiger partial charge in [0.15, 0.2) is 0 Å². The van der Waals surface area contributed by atoms with E-state index in [4.69, 9.17) is 4.74 Å². The molecule has 0 radical (unpaired) electrons. The largest absolute Gasteiger partial charge is 0.444 e. The lowest BCUT2D eigenvalue weighted by Crippen LogP contribution is -2.49. The first-order valence-electron chi connectivity index (χ1n) is 12.4. The van der Waals surface area contributed by atoms with Crippen molar-refractivity contribution in [2.75, 3.05) is 6.54 Å². The van der Waals surface area contributed by atoms with E-state index in [1.54, 1.807) is 66.5 Å². The van der Waals surface area contributed by atoms with Crippen molar-refractivity contribution in [2.24, 2.45) is 0 Å². The second kappa shape index (κ2) is 13.9. The van der Waals surface area contributed by atoms with Gasteiger partial charge in [0.1, 0.15) is 11.6 Å². The topological polar surface area (TPSA) is 105 Å². The minimum atomic E-state index is -3.60. The van der Waals surface area contributed by atoms with Crippen LogP contribution in [0.3, 0.4) is 0 Å². The van der Waals surface area contributed by atoms with E-state index < -0.39 is 27.8 Å². The van der Waals surface area contributed by atoms with Gasteiger partial charge < -0.3 is 15.0 Å². The monoisotopic (exact) mass is 577 g/mol. The van der Waals surface area contributed by atoms with E-state index >= 15 is 0 Å². The number of nitrogens with one attached hydrogen (secondary N) is 2. The first-order chi connectivity index (χ1) is 18.0. The number of alkyl carbamates (subject to hydrolysis) is 1. The van der Waals surface area contributed by atoms with Gasteiger partial charge in [-0.25, -0.2) is 17.9 Å². The highest BCUT2D eigenvalue weighted by Crippen LogP contribution is 2.20. The Morgan fingerprint density at radius 3 is 2.05 bits per heavy atom. The number of hydrogen-bond acceptors (Lipinski definition) is 7. The van der Waals surface area contributed by atoms with Crippen LogP contribution in [0.4, 0.5) is 4.79 Å². The molecule has 2 amide bonds. The van der Waals surface area contributed by atoms with Gasteiger partial charge in [0.05, 0.1) is 18.0 Å². The Bertz CT molecular complexity index is 1200. The summed E-state index contributed by atoms with van der Waals surface area (Å²) in [5.74, 6) is -0.206. The number of carbonyl (C=O) groups excluding carboxylic acids is 2. The Labute approximate surface area is 233 Å². The zero-order chi connectivity index (χ0) is 27.6. The molecule has 1 aromatic carbocycles. The summed E-state index contributed by atoms with van der Waals surface area (Å²) in [4.78, 5) is 30.4. The molecule has 1 unspecified atom stereocenters. The Kier molecular flexibility index (Phi) is 10.9. The molecule has 3 rings (SSSR count). The van der Waals surface area contributed by atoms with Gasteiger partial charge >= 0.3 is 6.09 Å². The van der Waals surface area contributed by atoms with Gasteiger partial charge in [0.2, 0.25) is 15.9 Å². The standard InChI is InChI=1S/C27H35N3O5S3/c1-27(2,3)35-26(32)29-24(15-7-8-16-28-38(33,34)23-13-5-4-6-14-23)25(31)30(19-21-11-9-17-36-21)20-22-12-10-18-37-22/h4-6,9-14,17-18,24,28H,7-8,15-16,19-20H2,1-3H3,(H,29,32). The van der Waals surface area contributed by atoms with Crippen molar-refractivity contribution in [2.45, 2.75) is 69.7 Å². The number of thiophene rings is 2. The molecule has 1 atom stereocenters. The molecule has 0 aliphatic rings. The minimum Gasteiger partial charge on any atom is -0.444 e. The third kappa shape index (κ3) is 9.86. The lowest BCUT2D eigenvalue weighted by Gasteiger charge is -2.28. The molecule has 206 valence electrons. The molecule has 11 heteroatoms. The number of benzene rings is 1. The second-order valence-corrected chi connectivity index (χ2v) is 13.6. The maximum Gasteiger partial charge on any atom is 0.408 e. The molecule has 0 spiro atoms. The van der Waals surface area contributed by atoms with Gasteiger partial charge in [0, 0.05) is 16.3 Å². The molecule has 38 heavy (non-hydrogen) atoms. The van der Waals surface area contributed by atoms with Crippen molar-refractivity contribution in [1.82, 2.24) is 14.9 Å². The predicted molar refractivity (Wildman–Crippen MR) is 152 cm³/mol. The van der Waals surface area contributed by atoms with Gasteiger partial charge in [-0.2, -0.15) is 0 Å². The summed E-state index contributed by atoms with van der Waals surface area (Å²) in [5.41, 5.74) is -0.707. The van der Waals surface area contributed by atoms with Crippen LogP contribution in [0, 0.1) is 0 Å². The summed E-state index contributed by atoms with van der Waals surface area (Å²) < 4.78 is 33.0. The third-order valence-corrected chi connectivity index (χ3v) is 8.62. The first kappa shape index (κ1) is 29.8. The predicted octanol–water partition coefficient (Wildman–Crippen LogP) is 5.38. The van der Waals surface area contributed by atoms with Crippen molar-refractivity contribution in [3.05, 3.63) is 75.1 Å². The van der Waals surface area contributed by atoms with Crippen LogP contribution in [0.25, 0.3) is 0 Å². The number of carbonyl (C=O) groups is 2. The number of amides is 2. The lowest BCUT2D eigenvalue weighted by atomic mass is 10.1. The molecular weight excluding hydrogens is 543 g/mol. The molecule has 0 aliphatic heterocycles. The van der Waals surface area contributed by atoms with Crippen molar-refractivity contribution in [1.29, 1.82) is 0 Å². The summed E-state index contributed by atoms with van der Waals surface area (Å²) in [5, 5.41) is 6.70. The van der Waals surface area contributed by atoms with Crippen LogP contribution in [0.5, 0.6) is 0 Å². The Balaban J connectivity index is 1.66. The normalized spacial score (nSPS) is 12.6. The number of ether oxygens (including phenoxy) is 1. The molecule has 2 N–H and O–H groups in total. The summed E-state index contributed by atoms with van der Waals surface area (Å²) >= 11 is 3.14. The van der Waals surface area contributed by atoms with Crippen LogP contribution in [0.15, 0.2) is 70.3 Å². The van der Waals surface area contributed by atoms with Crippen LogP contribution >= 0.6 is 22.7 Å². The fourth-order valence-corrected chi connectivity index (χ4v) is 6.22. The average Bonchev–Trinajstić information content (AvgIpc) is 3.56. The molecule has 2 heterocycles. The molecule has 2 aromatic heterocycles. The highest BCUT2D eigenvalue weighted by molar-refractivity contribution is 7.89. The summed E-state index contributed by atoms with van der Waals surface area (Å²) in [6.07, 6.45) is 0.709. The molecule has 0 fully saturated rings.